The predicted molar refractivity (Wildman–Crippen MR) is 146 cm³/mol. The van der Waals surface area contributed by atoms with Gasteiger partial charge in [0.2, 0.25) is 0 Å². The van der Waals surface area contributed by atoms with Gasteiger partial charge < -0.3 is 14.8 Å². The fourth-order valence-electron chi connectivity index (χ4n) is 5.04. The number of amides is 1. The molecule has 0 aromatic heterocycles. The van der Waals surface area contributed by atoms with E-state index in [1.54, 1.807) is 38.4 Å². The number of nitrogens with one attached hydrogen (secondary N) is 1. The smallest absolute Gasteiger partial charge is 0.336 e. The van der Waals surface area contributed by atoms with Crippen molar-refractivity contribution in [3.63, 3.8) is 0 Å². The van der Waals surface area contributed by atoms with E-state index in [1.165, 1.54) is 4.90 Å². The first kappa shape index (κ1) is 26.3. The Labute approximate surface area is 226 Å². The Bertz CT molecular complexity index is 1510. The fraction of sp³-hybridized carbons (Fsp3) is 0.259. The molecule has 3 aromatic carbocycles. The second-order valence-electron chi connectivity index (χ2n) is 9.16. The summed E-state index contributed by atoms with van der Waals surface area (Å²) in [4.78, 5) is 15.3. The summed E-state index contributed by atoms with van der Waals surface area (Å²) in [5, 5.41) is 3.51. The van der Waals surface area contributed by atoms with Crippen molar-refractivity contribution in [3.05, 3.63) is 89.5 Å². The lowest BCUT2D eigenvalue weighted by molar-refractivity contribution is -0.129. The molecule has 0 spiro atoms. The van der Waals surface area contributed by atoms with Gasteiger partial charge in [0.15, 0.2) is 10.7 Å². The highest BCUT2D eigenvalue weighted by molar-refractivity contribution is 7.83. The molecule has 1 amide bonds. The number of methoxy groups -OCH3 is 1. The summed E-state index contributed by atoms with van der Waals surface area (Å²) in [7, 11) is -1.24. The van der Waals surface area contributed by atoms with Crippen molar-refractivity contribution in [2.24, 2.45) is 0 Å². The highest BCUT2D eigenvalue weighted by atomic mass is 32.2. The van der Waals surface area contributed by atoms with Crippen molar-refractivity contribution < 1.29 is 27.2 Å². The lowest BCUT2D eigenvalue weighted by Crippen LogP contribution is -2.45. The van der Waals surface area contributed by atoms with E-state index in [-0.39, 0.29) is 30.8 Å². The van der Waals surface area contributed by atoms with E-state index in [1.807, 2.05) is 48.5 Å². The summed E-state index contributed by atoms with van der Waals surface area (Å²) >= 11 is 5.49. The van der Waals surface area contributed by atoms with Crippen LogP contribution in [0.1, 0.15) is 22.7 Å². The largest absolute Gasteiger partial charge is 0.497 e. The van der Waals surface area contributed by atoms with Crippen molar-refractivity contribution in [1.82, 2.24) is 14.5 Å². The molecule has 0 aliphatic carbocycles. The minimum absolute atomic E-state index is 0.0193. The van der Waals surface area contributed by atoms with Crippen LogP contribution in [-0.4, -0.2) is 67.1 Å². The van der Waals surface area contributed by atoms with Crippen molar-refractivity contribution >= 4 is 33.5 Å². The number of benzene rings is 3. The van der Waals surface area contributed by atoms with Gasteiger partial charge in [-0.2, -0.15) is 12.7 Å². The molecule has 0 radical (unpaired) electrons. The van der Waals surface area contributed by atoms with Gasteiger partial charge in [0.1, 0.15) is 5.75 Å². The number of hydrogen-bond acceptors (Lipinski definition) is 6. The Hall–Kier alpha value is -3.35. The lowest BCUT2D eigenvalue weighted by atomic mass is 9.80. The Morgan fingerprint density at radius 1 is 1.05 bits per heavy atom. The summed E-state index contributed by atoms with van der Waals surface area (Å²) < 4.78 is 45.9. The zero-order chi connectivity index (χ0) is 27.1. The normalized spacial score (nSPS) is 22.4. The number of ether oxygens (including phenoxy) is 2. The van der Waals surface area contributed by atoms with E-state index in [0.29, 0.717) is 22.4 Å². The SMILES string of the molecule is COc1cccc(-c2cccc(C3(c4cccc(C5COCCN5S(=O)(=O)O)c4)NC(=S)N(C)C3=O)c2)c1. The number of morpholine rings is 1. The van der Waals surface area contributed by atoms with Crippen LogP contribution < -0.4 is 10.1 Å². The molecule has 9 nitrogen and oxygen atoms in total. The van der Waals surface area contributed by atoms with Crippen molar-refractivity contribution in [3.8, 4) is 16.9 Å². The molecule has 0 bridgehead atoms. The van der Waals surface area contributed by atoms with E-state index in [9.17, 15) is 17.8 Å². The van der Waals surface area contributed by atoms with Gasteiger partial charge in [-0.05, 0) is 58.2 Å². The van der Waals surface area contributed by atoms with Crippen molar-refractivity contribution in [1.29, 1.82) is 0 Å². The number of carbonyl (C=O) groups is 1. The topological polar surface area (TPSA) is 108 Å². The minimum Gasteiger partial charge on any atom is -0.497 e. The van der Waals surface area contributed by atoms with Gasteiger partial charge in [0, 0.05) is 13.6 Å². The number of likely N-dealkylation sites (N-methyl/N-ethyl adjacent to an activating group) is 1. The molecule has 2 saturated heterocycles. The van der Waals surface area contributed by atoms with Crippen LogP contribution in [0.2, 0.25) is 0 Å². The van der Waals surface area contributed by atoms with Gasteiger partial charge in [-0.25, -0.2) is 0 Å². The third-order valence-electron chi connectivity index (χ3n) is 7.00. The molecule has 5 rings (SSSR count). The quantitative estimate of drug-likeness (QED) is 0.354. The summed E-state index contributed by atoms with van der Waals surface area (Å²) in [6, 6.07) is 21.6. The first-order valence-corrected chi connectivity index (χ1v) is 13.7. The van der Waals surface area contributed by atoms with Crippen LogP contribution in [0.15, 0.2) is 72.8 Å². The second kappa shape index (κ2) is 10.1. The van der Waals surface area contributed by atoms with Gasteiger partial charge in [-0.1, -0.05) is 54.6 Å². The van der Waals surface area contributed by atoms with Crippen molar-refractivity contribution in [2.75, 3.05) is 33.9 Å². The van der Waals surface area contributed by atoms with Crippen LogP contribution in [0.3, 0.4) is 0 Å². The standard InChI is InChI=1S/C27H27N3O6S2/c1-29-25(31)27(28-26(29)37,21-9-3-6-18(14-21)19-7-5-11-23(16-19)35-2)22-10-4-8-20(15-22)24-17-36-13-12-30(24)38(32,33)34/h3-11,14-16,24H,12-13,17H2,1-2H3,(H,28,37)(H,32,33,34). The maximum Gasteiger partial charge on any atom is 0.336 e. The zero-order valence-corrected chi connectivity index (χ0v) is 22.5. The Kier molecular flexibility index (Phi) is 6.97. The van der Waals surface area contributed by atoms with Crippen LogP contribution in [-0.2, 0) is 25.4 Å². The molecule has 2 unspecified atom stereocenters. The van der Waals surface area contributed by atoms with Gasteiger partial charge in [-0.15, -0.1) is 0 Å². The van der Waals surface area contributed by atoms with Crippen LogP contribution in [0.5, 0.6) is 5.75 Å². The van der Waals surface area contributed by atoms with E-state index in [0.717, 1.165) is 15.4 Å². The van der Waals surface area contributed by atoms with Crippen LogP contribution >= 0.6 is 12.2 Å². The maximum atomic E-state index is 13.9. The van der Waals surface area contributed by atoms with E-state index < -0.39 is 21.9 Å². The van der Waals surface area contributed by atoms with Gasteiger partial charge >= 0.3 is 10.3 Å². The molecule has 2 heterocycles. The summed E-state index contributed by atoms with van der Waals surface area (Å²) in [6.45, 7) is 0.267. The molecule has 2 atom stereocenters. The van der Waals surface area contributed by atoms with Crippen LogP contribution in [0.4, 0.5) is 0 Å². The van der Waals surface area contributed by atoms with E-state index in [2.05, 4.69) is 5.32 Å². The molecular formula is C27H27N3O6S2. The lowest BCUT2D eigenvalue weighted by Gasteiger charge is -2.34. The molecule has 11 heteroatoms. The average molecular weight is 554 g/mol. The third kappa shape index (κ3) is 4.56. The molecule has 2 fully saturated rings. The molecule has 198 valence electrons. The monoisotopic (exact) mass is 553 g/mol. The predicted octanol–water partition coefficient (Wildman–Crippen LogP) is 3.13. The number of hydrogen-bond donors (Lipinski definition) is 2. The van der Waals surface area contributed by atoms with E-state index in [4.69, 9.17) is 21.7 Å². The Morgan fingerprint density at radius 2 is 1.71 bits per heavy atom. The van der Waals surface area contributed by atoms with Gasteiger partial charge in [0.25, 0.3) is 5.91 Å². The van der Waals surface area contributed by atoms with Gasteiger partial charge in [0.05, 0.1) is 26.4 Å². The maximum absolute atomic E-state index is 13.9. The van der Waals surface area contributed by atoms with Crippen LogP contribution in [0.25, 0.3) is 11.1 Å². The molecular weight excluding hydrogens is 526 g/mol. The second-order valence-corrected chi connectivity index (χ2v) is 10.9. The van der Waals surface area contributed by atoms with Crippen molar-refractivity contribution in [2.45, 2.75) is 11.6 Å². The summed E-state index contributed by atoms with van der Waals surface area (Å²) in [5.74, 6) is 0.443. The summed E-state index contributed by atoms with van der Waals surface area (Å²) in [5.41, 5.74) is 2.27. The molecule has 3 aromatic rings. The first-order valence-electron chi connectivity index (χ1n) is 11.9. The molecule has 0 saturated carbocycles. The zero-order valence-electron chi connectivity index (χ0n) is 20.8. The highest BCUT2D eigenvalue weighted by Crippen LogP contribution is 2.39. The fourth-order valence-corrected chi connectivity index (χ4v) is 6.09. The molecule has 2 aliphatic rings. The average Bonchev–Trinajstić information content (AvgIpc) is 3.17. The Balaban J connectivity index is 1.65. The number of nitrogens with zero attached hydrogens (tertiary/aromatic N) is 2. The molecule has 38 heavy (non-hydrogen) atoms. The Morgan fingerprint density at radius 3 is 2.37 bits per heavy atom. The van der Waals surface area contributed by atoms with E-state index >= 15 is 0 Å². The van der Waals surface area contributed by atoms with Gasteiger partial charge in [-0.3, -0.25) is 14.2 Å². The minimum atomic E-state index is -4.46. The first-order chi connectivity index (χ1) is 18.1. The van der Waals surface area contributed by atoms with Crippen LogP contribution in [0, 0.1) is 0 Å². The third-order valence-corrected chi connectivity index (χ3v) is 8.41. The highest BCUT2D eigenvalue weighted by Gasteiger charge is 2.51. The summed E-state index contributed by atoms with van der Waals surface area (Å²) in [6.07, 6.45) is 0. The number of rotatable bonds is 6. The number of thiocarbonyl (C=S) groups is 1. The molecule has 2 N–H and O–H groups in total. The molecule has 2 aliphatic heterocycles. The number of carbonyl (C=O) groups excluding carboxylic acids is 1.